The zero-order chi connectivity index (χ0) is 19.0. The highest BCUT2D eigenvalue weighted by atomic mass is 35.5. The average Bonchev–Trinajstić information content (AvgIpc) is 3.00. The molecule has 2 aliphatic heterocycles. The first kappa shape index (κ1) is 17.3. The molecular formula is C18H12ClF2N5O. The topological polar surface area (TPSA) is 65.6 Å². The molecule has 0 spiro atoms. The van der Waals surface area contributed by atoms with Gasteiger partial charge in [0, 0.05) is 24.2 Å². The number of hydrogen-bond acceptors (Lipinski definition) is 4. The van der Waals surface area contributed by atoms with Crippen LogP contribution in [0.15, 0.2) is 59.8 Å². The van der Waals surface area contributed by atoms with E-state index in [0.29, 0.717) is 23.2 Å². The zero-order valence-electron chi connectivity index (χ0n) is 13.8. The van der Waals surface area contributed by atoms with Crippen LogP contribution in [0.2, 0.25) is 5.15 Å². The molecule has 0 atom stereocenters. The number of aromatic nitrogens is 5. The van der Waals surface area contributed by atoms with Gasteiger partial charge < -0.3 is 4.57 Å². The summed E-state index contributed by atoms with van der Waals surface area (Å²) < 4.78 is 29.0. The van der Waals surface area contributed by atoms with Gasteiger partial charge in [-0.2, -0.15) is 4.98 Å². The van der Waals surface area contributed by atoms with Crippen LogP contribution in [0.3, 0.4) is 0 Å². The van der Waals surface area contributed by atoms with E-state index in [9.17, 15) is 13.6 Å². The number of hydrogen-bond donors (Lipinski definition) is 0. The molecule has 6 nitrogen and oxygen atoms in total. The van der Waals surface area contributed by atoms with Crippen LogP contribution >= 0.6 is 11.6 Å². The first-order valence-electron chi connectivity index (χ1n) is 7.96. The quantitative estimate of drug-likeness (QED) is 0.502. The summed E-state index contributed by atoms with van der Waals surface area (Å²) in [6.07, 6.45) is 2.01. The van der Waals surface area contributed by atoms with Crippen LogP contribution < -0.4 is 5.69 Å². The van der Waals surface area contributed by atoms with Gasteiger partial charge in [0.05, 0.1) is 12.2 Å². The third-order valence-electron chi connectivity index (χ3n) is 4.05. The van der Waals surface area contributed by atoms with Gasteiger partial charge in [0.1, 0.15) is 11.0 Å². The molecule has 2 aliphatic rings. The van der Waals surface area contributed by atoms with Gasteiger partial charge in [0.2, 0.25) is 0 Å². The van der Waals surface area contributed by atoms with Gasteiger partial charge in [-0.15, -0.1) is 0 Å². The Bertz CT molecular complexity index is 1120. The van der Waals surface area contributed by atoms with E-state index in [0.717, 1.165) is 5.56 Å². The first-order valence-corrected chi connectivity index (χ1v) is 8.33. The van der Waals surface area contributed by atoms with E-state index in [1.807, 2.05) is 6.07 Å². The SMILES string of the molecule is O=c1nc2n(Cc3ccc(Cl)nc3)cccc-2n1-c1cc(C(F)F)ccn1. The summed E-state index contributed by atoms with van der Waals surface area (Å²) in [7, 11) is 0. The fourth-order valence-corrected chi connectivity index (χ4v) is 2.92. The molecule has 0 saturated heterocycles. The van der Waals surface area contributed by atoms with E-state index in [2.05, 4.69) is 15.0 Å². The lowest BCUT2D eigenvalue weighted by molar-refractivity contribution is 0.151. The largest absolute Gasteiger partial charge is 0.356 e. The van der Waals surface area contributed by atoms with Crippen molar-refractivity contribution in [2.75, 3.05) is 0 Å². The molecule has 0 radical (unpaired) electrons. The van der Waals surface area contributed by atoms with Gasteiger partial charge in [-0.25, -0.2) is 28.1 Å². The summed E-state index contributed by atoms with van der Waals surface area (Å²) in [5.74, 6) is 0.521. The summed E-state index contributed by atoms with van der Waals surface area (Å²) in [6, 6.07) is 9.34. The molecular weight excluding hydrogens is 376 g/mol. The highest BCUT2D eigenvalue weighted by Gasteiger charge is 2.20. The van der Waals surface area contributed by atoms with Gasteiger partial charge in [-0.3, -0.25) is 0 Å². The molecule has 0 aromatic carbocycles. The lowest BCUT2D eigenvalue weighted by Crippen LogP contribution is -2.16. The number of alkyl halides is 2. The zero-order valence-corrected chi connectivity index (χ0v) is 14.5. The maximum atomic E-state index is 13.0. The van der Waals surface area contributed by atoms with Crippen molar-refractivity contribution >= 4 is 11.6 Å². The summed E-state index contributed by atoms with van der Waals surface area (Å²) in [6.45, 7) is 0.419. The first-order chi connectivity index (χ1) is 13.0. The number of imidazole rings is 1. The summed E-state index contributed by atoms with van der Waals surface area (Å²) in [5, 5.41) is 0.387. The van der Waals surface area contributed by atoms with Crippen LogP contribution in [-0.2, 0) is 6.54 Å². The molecule has 0 saturated carbocycles. The molecule has 136 valence electrons. The third kappa shape index (κ3) is 3.31. The van der Waals surface area contributed by atoms with Crippen molar-refractivity contribution in [3.8, 4) is 17.3 Å². The Morgan fingerprint density at radius 3 is 2.74 bits per heavy atom. The molecule has 0 fully saturated rings. The minimum atomic E-state index is -2.65. The van der Waals surface area contributed by atoms with Crippen LogP contribution in [0.4, 0.5) is 8.78 Å². The van der Waals surface area contributed by atoms with E-state index >= 15 is 0 Å². The number of nitrogens with zero attached hydrogens (tertiary/aromatic N) is 5. The van der Waals surface area contributed by atoms with E-state index in [-0.39, 0.29) is 11.4 Å². The normalized spacial score (nSPS) is 11.4. The van der Waals surface area contributed by atoms with Crippen molar-refractivity contribution in [2.24, 2.45) is 0 Å². The van der Waals surface area contributed by atoms with E-state index in [4.69, 9.17) is 11.6 Å². The van der Waals surface area contributed by atoms with Crippen molar-refractivity contribution in [3.63, 3.8) is 0 Å². The third-order valence-corrected chi connectivity index (χ3v) is 4.27. The maximum absolute atomic E-state index is 13.0. The fraction of sp³-hybridized carbons (Fsp3) is 0.111. The Morgan fingerprint density at radius 1 is 1.15 bits per heavy atom. The lowest BCUT2D eigenvalue weighted by atomic mass is 10.2. The predicted octanol–water partition coefficient (Wildman–Crippen LogP) is 3.57. The Morgan fingerprint density at radius 2 is 2.00 bits per heavy atom. The molecule has 9 heteroatoms. The molecule has 0 bridgehead atoms. The van der Waals surface area contributed by atoms with Crippen molar-refractivity contribution in [3.05, 3.63) is 81.8 Å². The number of halogens is 3. The van der Waals surface area contributed by atoms with Crippen molar-refractivity contribution < 1.29 is 8.78 Å². The van der Waals surface area contributed by atoms with E-state index in [1.165, 1.54) is 22.9 Å². The van der Waals surface area contributed by atoms with Gasteiger partial charge in [0.15, 0.2) is 5.82 Å². The predicted molar refractivity (Wildman–Crippen MR) is 95.5 cm³/mol. The Balaban J connectivity index is 1.77. The Labute approximate surface area is 157 Å². The molecule has 0 unspecified atom stereocenters. The second-order valence-electron chi connectivity index (χ2n) is 5.81. The molecule has 0 aliphatic carbocycles. The van der Waals surface area contributed by atoms with Crippen LogP contribution in [0, 0.1) is 0 Å². The molecule has 4 heterocycles. The Kier molecular flexibility index (Phi) is 4.41. The molecule has 0 amide bonds. The molecule has 2 aromatic rings. The Hall–Kier alpha value is -3.13. The van der Waals surface area contributed by atoms with Crippen molar-refractivity contribution in [1.29, 1.82) is 0 Å². The molecule has 4 rings (SSSR count). The highest BCUT2D eigenvalue weighted by Crippen LogP contribution is 2.24. The standard InChI is InChI=1S/C18H12ClF2N5O/c19-14-4-3-11(9-23-14)10-25-7-1-2-13-17(25)24-18(27)26(13)15-8-12(16(20)21)5-6-22-15/h1-9,16H,10H2. The minimum absolute atomic E-state index is 0.103. The van der Waals surface area contributed by atoms with E-state index < -0.39 is 12.1 Å². The lowest BCUT2D eigenvalue weighted by Gasteiger charge is -2.12. The minimum Gasteiger partial charge on any atom is -0.327 e. The summed E-state index contributed by atoms with van der Waals surface area (Å²) in [5.41, 5.74) is 0.551. The summed E-state index contributed by atoms with van der Waals surface area (Å²) >= 11 is 5.80. The van der Waals surface area contributed by atoms with Gasteiger partial charge in [-0.05, 0) is 35.9 Å². The van der Waals surface area contributed by atoms with Gasteiger partial charge in [0.25, 0.3) is 6.43 Å². The number of pyridine rings is 3. The second-order valence-corrected chi connectivity index (χ2v) is 6.20. The maximum Gasteiger partial charge on any atom is 0.356 e. The van der Waals surface area contributed by atoms with Gasteiger partial charge >= 0.3 is 5.69 Å². The number of fused-ring (bicyclic) bond motifs is 1. The monoisotopic (exact) mass is 387 g/mol. The molecule has 27 heavy (non-hydrogen) atoms. The number of rotatable bonds is 4. The van der Waals surface area contributed by atoms with Crippen molar-refractivity contribution in [1.82, 2.24) is 24.1 Å². The highest BCUT2D eigenvalue weighted by molar-refractivity contribution is 6.29. The van der Waals surface area contributed by atoms with Crippen LogP contribution in [-0.4, -0.2) is 24.1 Å². The second kappa shape index (κ2) is 6.88. The van der Waals surface area contributed by atoms with Crippen molar-refractivity contribution in [2.45, 2.75) is 13.0 Å². The average molecular weight is 388 g/mol. The molecule has 2 aromatic heterocycles. The van der Waals surface area contributed by atoms with Crippen LogP contribution in [0.5, 0.6) is 0 Å². The van der Waals surface area contributed by atoms with Gasteiger partial charge in [-0.1, -0.05) is 17.7 Å². The fourth-order valence-electron chi connectivity index (χ4n) is 2.81. The molecule has 0 N–H and O–H groups in total. The van der Waals surface area contributed by atoms with Crippen LogP contribution in [0.1, 0.15) is 17.6 Å². The summed E-state index contributed by atoms with van der Waals surface area (Å²) in [4.78, 5) is 24.6. The van der Waals surface area contributed by atoms with E-state index in [1.54, 1.807) is 35.2 Å². The smallest absolute Gasteiger partial charge is 0.327 e. The van der Waals surface area contributed by atoms with Crippen LogP contribution in [0.25, 0.3) is 17.3 Å².